The molecular weight excluding hydrogens is 183 g/mol. The van der Waals surface area contributed by atoms with E-state index >= 15 is 0 Å². The molecule has 0 atom stereocenters. The average Bonchev–Trinajstić information content (AvgIpc) is 2.15. The zero-order valence-electron chi connectivity index (χ0n) is 6.52. The normalized spacial score (nSPS) is 25.1. The van der Waals surface area contributed by atoms with Crippen molar-refractivity contribution in [1.29, 1.82) is 0 Å². The Balaban J connectivity index is 2.52. The monoisotopic (exact) mass is 196 g/mol. The maximum absolute atomic E-state index is 9.86. The molecule has 3 heteroatoms. The van der Waals surface area contributed by atoms with Crippen molar-refractivity contribution in [3.05, 3.63) is 0 Å². The molecule has 0 unspecified atom stereocenters. The number of halogens is 2. The van der Waals surface area contributed by atoms with E-state index in [2.05, 4.69) is 0 Å². The molecule has 1 saturated carbocycles. The molecule has 11 heavy (non-hydrogen) atoms. The van der Waals surface area contributed by atoms with Crippen LogP contribution in [0, 0.1) is 0 Å². The van der Waals surface area contributed by atoms with Gasteiger partial charge in [0.1, 0.15) is 4.84 Å². The third kappa shape index (κ3) is 2.50. The highest BCUT2D eigenvalue weighted by atomic mass is 35.5. The van der Waals surface area contributed by atoms with Crippen LogP contribution in [0.5, 0.6) is 0 Å². The van der Waals surface area contributed by atoms with E-state index in [0.717, 1.165) is 25.7 Å². The molecular formula is C8H14Cl2O. The van der Waals surface area contributed by atoms with Crippen LogP contribution >= 0.6 is 23.2 Å². The summed E-state index contributed by atoms with van der Waals surface area (Å²) in [6, 6.07) is 0. The first-order valence-electron chi connectivity index (χ1n) is 4.16. The average molecular weight is 197 g/mol. The lowest BCUT2D eigenvalue weighted by Crippen LogP contribution is -2.35. The van der Waals surface area contributed by atoms with Crippen molar-refractivity contribution in [2.45, 2.75) is 49.0 Å². The van der Waals surface area contributed by atoms with Crippen LogP contribution in [0.2, 0.25) is 0 Å². The number of rotatable bonds is 1. The van der Waals surface area contributed by atoms with Crippen LogP contribution in [0.1, 0.15) is 38.5 Å². The molecule has 0 aromatic rings. The summed E-state index contributed by atoms with van der Waals surface area (Å²) in [5, 5.41) is 9.86. The number of hydrogen-bond donors (Lipinski definition) is 1. The third-order valence-electron chi connectivity index (χ3n) is 2.38. The predicted molar refractivity (Wildman–Crippen MR) is 48.1 cm³/mol. The Labute approximate surface area is 77.7 Å². The molecule has 0 spiro atoms. The molecule has 1 aliphatic rings. The van der Waals surface area contributed by atoms with E-state index in [-0.39, 0.29) is 0 Å². The minimum Gasteiger partial charge on any atom is -0.387 e. The van der Waals surface area contributed by atoms with Gasteiger partial charge in [-0.3, -0.25) is 0 Å². The fraction of sp³-hybridized carbons (Fsp3) is 1.00. The van der Waals surface area contributed by atoms with E-state index in [1.54, 1.807) is 0 Å². The van der Waals surface area contributed by atoms with Crippen molar-refractivity contribution < 1.29 is 5.11 Å². The molecule has 0 radical (unpaired) electrons. The van der Waals surface area contributed by atoms with Gasteiger partial charge < -0.3 is 5.11 Å². The Hall–Kier alpha value is 0.540. The van der Waals surface area contributed by atoms with Crippen molar-refractivity contribution in [2.24, 2.45) is 0 Å². The lowest BCUT2D eigenvalue weighted by Gasteiger charge is -2.27. The fourth-order valence-corrected chi connectivity index (χ4v) is 2.00. The first-order chi connectivity index (χ1) is 5.15. The van der Waals surface area contributed by atoms with Crippen molar-refractivity contribution in [1.82, 2.24) is 0 Å². The summed E-state index contributed by atoms with van der Waals surface area (Å²) in [7, 11) is 0. The zero-order valence-corrected chi connectivity index (χ0v) is 8.03. The first kappa shape index (κ1) is 9.63. The molecule has 0 heterocycles. The van der Waals surface area contributed by atoms with Gasteiger partial charge in [-0.15, -0.1) is 23.2 Å². The molecule has 1 aliphatic carbocycles. The summed E-state index contributed by atoms with van der Waals surface area (Å²) < 4.78 is 0. The first-order valence-corrected chi connectivity index (χ1v) is 5.03. The van der Waals surface area contributed by atoms with Crippen LogP contribution in [0.15, 0.2) is 0 Å². The van der Waals surface area contributed by atoms with Crippen LogP contribution in [-0.4, -0.2) is 15.5 Å². The summed E-state index contributed by atoms with van der Waals surface area (Å²) >= 11 is 11.4. The number of alkyl halides is 2. The summed E-state index contributed by atoms with van der Waals surface area (Å²) in [6.07, 6.45) is 6.00. The van der Waals surface area contributed by atoms with E-state index in [0.29, 0.717) is 0 Å². The van der Waals surface area contributed by atoms with Crippen LogP contribution in [0.25, 0.3) is 0 Å². The largest absolute Gasteiger partial charge is 0.387 e. The highest BCUT2D eigenvalue weighted by Crippen LogP contribution is 2.34. The molecule has 0 aromatic heterocycles. The Morgan fingerprint density at radius 2 is 1.45 bits per heavy atom. The van der Waals surface area contributed by atoms with Gasteiger partial charge >= 0.3 is 0 Å². The van der Waals surface area contributed by atoms with Gasteiger partial charge in [0.25, 0.3) is 0 Å². The lowest BCUT2D eigenvalue weighted by atomic mass is 9.97. The number of hydrogen-bond acceptors (Lipinski definition) is 1. The van der Waals surface area contributed by atoms with Gasteiger partial charge in [-0.25, -0.2) is 0 Å². The third-order valence-corrected chi connectivity index (χ3v) is 3.19. The SMILES string of the molecule is OC1(C(Cl)Cl)CCCCCC1. The zero-order chi connectivity index (χ0) is 8.32. The Bertz CT molecular complexity index is 117. The highest BCUT2D eigenvalue weighted by Gasteiger charge is 2.34. The summed E-state index contributed by atoms with van der Waals surface area (Å²) in [4.78, 5) is -0.624. The van der Waals surface area contributed by atoms with Gasteiger partial charge in [0, 0.05) is 0 Å². The Kier molecular flexibility index (Phi) is 3.48. The van der Waals surface area contributed by atoms with E-state index < -0.39 is 10.4 Å². The van der Waals surface area contributed by atoms with Gasteiger partial charge in [0.05, 0.1) is 5.60 Å². The lowest BCUT2D eigenvalue weighted by molar-refractivity contribution is 0.0385. The van der Waals surface area contributed by atoms with Crippen molar-refractivity contribution >= 4 is 23.2 Å². The van der Waals surface area contributed by atoms with Crippen LogP contribution in [0.4, 0.5) is 0 Å². The molecule has 0 aromatic carbocycles. The summed E-state index contributed by atoms with van der Waals surface area (Å²) in [6.45, 7) is 0. The summed E-state index contributed by atoms with van der Waals surface area (Å²) in [5.41, 5.74) is -0.806. The molecule has 1 nitrogen and oxygen atoms in total. The molecule has 1 rings (SSSR count). The molecule has 0 bridgehead atoms. The molecule has 0 saturated heterocycles. The van der Waals surface area contributed by atoms with Gasteiger partial charge in [-0.2, -0.15) is 0 Å². The minimum absolute atomic E-state index is 0.624. The van der Waals surface area contributed by atoms with E-state index in [1.165, 1.54) is 12.8 Å². The smallest absolute Gasteiger partial charge is 0.136 e. The second-order valence-electron chi connectivity index (χ2n) is 3.32. The predicted octanol–water partition coefficient (Wildman–Crippen LogP) is 2.88. The van der Waals surface area contributed by atoms with Crippen LogP contribution < -0.4 is 0 Å². The van der Waals surface area contributed by atoms with Crippen LogP contribution in [-0.2, 0) is 0 Å². The maximum atomic E-state index is 9.86. The second kappa shape index (κ2) is 3.97. The molecule has 0 aliphatic heterocycles. The van der Waals surface area contributed by atoms with Gasteiger partial charge in [0.2, 0.25) is 0 Å². The molecule has 0 amide bonds. The molecule has 1 fully saturated rings. The molecule has 66 valence electrons. The minimum atomic E-state index is -0.806. The van der Waals surface area contributed by atoms with Gasteiger partial charge in [-0.05, 0) is 12.8 Å². The van der Waals surface area contributed by atoms with Crippen molar-refractivity contribution in [3.63, 3.8) is 0 Å². The summed E-state index contributed by atoms with van der Waals surface area (Å²) in [5.74, 6) is 0. The fourth-order valence-electron chi connectivity index (χ4n) is 1.56. The maximum Gasteiger partial charge on any atom is 0.136 e. The van der Waals surface area contributed by atoms with Crippen molar-refractivity contribution in [2.75, 3.05) is 0 Å². The number of aliphatic hydroxyl groups is 1. The van der Waals surface area contributed by atoms with Gasteiger partial charge in [0.15, 0.2) is 0 Å². The topological polar surface area (TPSA) is 20.2 Å². The Morgan fingerprint density at radius 3 is 1.82 bits per heavy atom. The van der Waals surface area contributed by atoms with Gasteiger partial charge in [-0.1, -0.05) is 25.7 Å². The van der Waals surface area contributed by atoms with E-state index in [4.69, 9.17) is 23.2 Å². The quantitative estimate of drug-likeness (QED) is 0.506. The standard InChI is InChI=1S/C8H14Cl2O/c9-7(10)8(11)5-3-1-2-4-6-8/h7,11H,1-6H2. The molecule has 1 N–H and O–H groups in total. The van der Waals surface area contributed by atoms with Crippen LogP contribution in [0.3, 0.4) is 0 Å². The van der Waals surface area contributed by atoms with Crippen molar-refractivity contribution in [3.8, 4) is 0 Å². The van der Waals surface area contributed by atoms with E-state index in [9.17, 15) is 5.11 Å². The van der Waals surface area contributed by atoms with E-state index in [1.807, 2.05) is 0 Å². The second-order valence-corrected chi connectivity index (χ2v) is 4.41. The Morgan fingerprint density at radius 1 is 1.00 bits per heavy atom. The highest BCUT2D eigenvalue weighted by molar-refractivity contribution is 6.45.